The number of rotatable bonds is 7. The van der Waals surface area contributed by atoms with Crippen LogP contribution in [0.15, 0.2) is 58.1 Å². The Bertz CT molecular complexity index is 1400. The maximum atomic E-state index is 13.3. The van der Waals surface area contributed by atoms with Crippen molar-refractivity contribution >= 4 is 28.9 Å². The molecule has 3 N–H and O–H groups in total. The van der Waals surface area contributed by atoms with Crippen LogP contribution >= 0.6 is 0 Å². The fourth-order valence-electron chi connectivity index (χ4n) is 4.93. The minimum absolute atomic E-state index is 0.0470. The van der Waals surface area contributed by atoms with E-state index in [1.165, 1.54) is 12.1 Å². The van der Waals surface area contributed by atoms with Crippen LogP contribution in [0.1, 0.15) is 35.3 Å². The van der Waals surface area contributed by atoms with Crippen molar-refractivity contribution in [3.63, 3.8) is 0 Å². The van der Waals surface area contributed by atoms with Gasteiger partial charge in [0.05, 0.1) is 29.9 Å². The predicted molar refractivity (Wildman–Crippen MR) is 138 cm³/mol. The number of piperazine rings is 1. The summed E-state index contributed by atoms with van der Waals surface area (Å²) in [6.45, 7) is 3.41. The van der Waals surface area contributed by atoms with Gasteiger partial charge in [-0.2, -0.15) is 0 Å². The van der Waals surface area contributed by atoms with Crippen LogP contribution in [0.25, 0.3) is 0 Å². The number of fused-ring (bicyclic) bond motifs is 1. The zero-order valence-corrected chi connectivity index (χ0v) is 20.4. The Morgan fingerprint density at radius 2 is 1.81 bits per heavy atom. The summed E-state index contributed by atoms with van der Waals surface area (Å²) in [6.07, 6.45) is 0.683. The number of carbonyl (C=O) groups is 2. The van der Waals surface area contributed by atoms with E-state index in [9.17, 15) is 24.3 Å². The molecule has 2 aliphatic rings. The predicted octanol–water partition coefficient (Wildman–Crippen LogP) is 1.98. The Morgan fingerprint density at radius 1 is 1.05 bits per heavy atom. The van der Waals surface area contributed by atoms with Gasteiger partial charge >= 0.3 is 0 Å². The summed E-state index contributed by atoms with van der Waals surface area (Å²) in [6, 6.07) is 13.8. The second-order valence-corrected chi connectivity index (χ2v) is 9.26. The molecule has 2 heterocycles. The molecule has 2 fully saturated rings. The lowest BCUT2D eigenvalue weighted by molar-refractivity contribution is -0.151. The van der Waals surface area contributed by atoms with E-state index >= 15 is 0 Å². The molecular formula is C27H28N4O6. The maximum Gasteiger partial charge on any atom is 0.257 e. The second kappa shape index (κ2) is 10.1. The topological polar surface area (TPSA) is 128 Å². The van der Waals surface area contributed by atoms with Gasteiger partial charge in [-0.25, -0.2) is 0 Å². The van der Waals surface area contributed by atoms with Gasteiger partial charge in [0.25, 0.3) is 16.8 Å². The molecule has 10 heteroatoms. The van der Waals surface area contributed by atoms with Crippen LogP contribution in [0.5, 0.6) is 5.75 Å². The zero-order chi connectivity index (χ0) is 26.1. The first-order valence-electron chi connectivity index (χ1n) is 12.3. The van der Waals surface area contributed by atoms with Gasteiger partial charge in [-0.15, -0.1) is 0 Å². The Morgan fingerprint density at radius 3 is 2.57 bits per heavy atom. The van der Waals surface area contributed by atoms with E-state index in [2.05, 4.69) is 10.6 Å². The molecule has 37 heavy (non-hydrogen) atoms. The van der Waals surface area contributed by atoms with Gasteiger partial charge in [-0.3, -0.25) is 19.2 Å². The fraction of sp³-hybridized carbons (Fsp3) is 0.333. The Labute approximate surface area is 213 Å². The summed E-state index contributed by atoms with van der Waals surface area (Å²) >= 11 is 0. The summed E-state index contributed by atoms with van der Waals surface area (Å²) in [5, 5.41) is 17.0. The Kier molecular flexibility index (Phi) is 6.66. The average Bonchev–Trinajstić information content (AvgIpc) is 2.93. The molecule has 3 aromatic carbocycles. The molecule has 10 nitrogen and oxygen atoms in total. The highest BCUT2D eigenvalue weighted by Crippen LogP contribution is 2.34. The molecule has 3 aromatic rings. The number of carbonyl (C=O) groups excluding carboxylic acids is 2. The number of nitrogens with zero attached hydrogens (tertiary/aromatic N) is 2. The van der Waals surface area contributed by atoms with E-state index in [0.29, 0.717) is 32.7 Å². The average molecular weight is 505 g/mol. The monoisotopic (exact) mass is 504 g/mol. The molecule has 0 bridgehead atoms. The van der Waals surface area contributed by atoms with Crippen LogP contribution in [0.3, 0.4) is 0 Å². The summed E-state index contributed by atoms with van der Waals surface area (Å²) in [7, 11) is 0. The van der Waals surface area contributed by atoms with Gasteiger partial charge in [0.1, 0.15) is 18.0 Å². The first-order valence-corrected chi connectivity index (χ1v) is 12.3. The van der Waals surface area contributed by atoms with Crippen molar-refractivity contribution < 1.29 is 19.4 Å². The largest absolute Gasteiger partial charge is 0.505 e. The molecule has 0 saturated carbocycles. The highest BCUT2D eigenvalue weighted by atomic mass is 16.5. The van der Waals surface area contributed by atoms with Crippen LogP contribution in [0.4, 0.5) is 17.1 Å². The molecule has 2 saturated heterocycles. The number of phenols is 1. The molecule has 0 radical (unpaired) electrons. The molecule has 0 aromatic heterocycles. The highest BCUT2D eigenvalue weighted by molar-refractivity contribution is 5.99. The highest BCUT2D eigenvalue weighted by Gasteiger charge is 2.36. The third-order valence-electron chi connectivity index (χ3n) is 6.99. The number of ether oxygens (including phenoxy) is 1. The number of para-hydroxylation sites is 1. The third-order valence-corrected chi connectivity index (χ3v) is 6.99. The second-order valence-electron chi connectivity index (χ2n) is 9.26. The molecule has 0 spiro atoms. The number of phenolic OH excluding ortho intramolecular Hbond substituents is 1. The molecule has 0 unspecified atom stereocenters. The van der Waals surface area contributed by atoms with Crippen molar-refractivity contribution in [1.29, 1.82) is 0 Å². The number of morpholine rings is 1. The van der Waals surface area contributed by atoms with Gasteiger partial charge in [0.15, 0.2) is 5.75 Å². The molecular weight excluding hydrogens is 476 g/mol. The molecule has 2 atom stereocenters. The number of aromatic hydroxyl groups is 1. The fourth-order valence-corrected chi connectivity index (χ4v) is 4.93. The van der Waals surface area contributed by atoms with Gasteiger partial charge in [0, 0.05) is 19.6 Å². The van der Waals surface area contributed by atoms with Crippen LogP contribution in [-0.2, 0) is 9.53 Å². The summed E-state index contributed by atoms with van der Waals surface area (Å²) < 4.78 is 5.32. The quantitative estimate of drug-likeness (QED) is 0.329. The molecule has 2 amide bonds. The first kappa shape index (κ1) is 24.5. The third kappa shape index (κ3) is 4.55. The number of hydrogen-bond donors (Lipinski definition) is 3. The van der Waals surface area contributed by atoms with E-state index in [1.807, 2.05) is 37.3 Å². The number of benzene rings is 2. The van der Waals surface area contributed by atoms with Crippen LogP contribution < -0.4 is 21.5 Å². The normalized spacial score (nSPS) is 18.4. The lowest BCUT2D eigenvalue weighted by Crippen LogP contribution is -2.61. The van der Waals surface area contributed by atoms with Gasteiger partial charge in [-0.05, 0) is 24.1 Å². The van der Waals surface area contributed by atoms with Crippen molar-refractivity contribution in [3.8, 4) is 5.75 Å². The van der Waals surface area contributed by atoms with E-state index in [1.54, 1.807) is 15.9 Å². The number of anilines is 3. The van der Waals surface area contributed by atoms with Gasteiger partial charge in [0.2, 0.25) is 5.91 Å². The lowest BCUT2D eigenvalue weighted by Gasteiger charge is -2.43. The summed E-state index contributed by atoms with van der Waals surface area (Å²) in [4.78, 5) is 53.4. The Hall–Kier alpha value is -4.18. The van der Waals surface area contributed by atoms with Crippen molar-refractivity contribution in [2.24, 2.45) is 0 Å². The zero-order valence-electron chi connectivity index (χ0n) is 20.4. The van der Waals surface area contributed by atoms with Gasteiger partial charge < -0.3 is 30.3 Å². The lowest BCUT2D eigenvalue weighted by atomic mass is 10.0. The van der Waals surface area contributed by atoms with E-state index in [-0.39, 0.29) is 53.0 Å². The Balaban J connectivity index is 1.35. The number of amides is 2. The van der Waals surface area contributed by atoms with E-state index in [4.69, 9.17) is 4.74 Å². The number of nitrogens with one attached hydrogen (secondary N) is 2. The van der Waals surface area contributed by atoms with Crippen LogP contribution in [0.2, 0.25) is 0 Å². The summed E-state index contributed by atoms with van der Waals surface area (Å²) in [5.41, 5.74) is 0.0460. The molecule has 192 valence electrons. The minimum Gasteiger partial charge on any atom is -0.505 e. The van der Waals surface area contributed by atoms with Crippen LogP contribution in [-0.4, -0.2) is 65.6 Å². The maximum absolute atomic E-state index is 13.3. The first-order chi connectivity index (χ1) is 17.9. The van der Waals surface area contributed by atoms with Gasteiger partial charge in [-0.1, -0.05) is 43.3 Å². The minimum atomic E-state index is -0.695. The van der Waals surface area contributed by atoms with Crippen molar-refractivity contribution in [3.05, 3.63) is 80.1 Å². The van der Waals surface area contributed by atoms with Crippen molar-refractivity contribution in [1.82, 2.24) is 9.80 Å². The van der Waals surface area contributed by atoms with E-state index in [0.717, 1.165) is 5.56 Å². The van der Waals surface area contributed by atoms with Crippen LogP contribution in [0, 0.1) is 0 Å². The standard InChI is InChI=1S/C27H28N4O6/c1-2-19(16-7-4-3-5-8-16)28-22-23(26(35)25(22)34)29-20-10-6-9-18(24(20)33)27(36)30-11-12-31-17(13-30)14-37-15-21(31)32/h3-10,17,19,28-29,33H,2,11-15H2,1H3/t17-,19+/m0/s1. The van der Waals surface area contributed by atoms with Crippen molar-refractivity contribution in [2.75, 3.05) is 43.5 Å². The SMILES string of the molecule is CC[C@@H](Nc1c(Nc2cccc(C(=O)N3CCN4C(=O)COC[C@@H]4C3)c2O)c(=O)c1=O)c1ccccc1. The summed E-state index contributed by atoms with van der Waals surface area (Å²) in [5.74, 6) is -0.801. The number of hydrogen-bond acceptors (Lipinski definition) is 8. The molecule has 0 aliphatic carbocycles. The van der Waals surface area contributed by atoms with E-state index < -0.39 is 16.8 Å². The molecule has 2 aliphatic heterocycles. The van der Waals surface area contributed by atoms with Crippen molar-refractivity contribution in [2.45, 2.75) is 25.4 Å². The molecule has 5 rings (SSSR count). The smallest absolute Gasteiger partial charge is 0.257 e.